The van der Waals surface area contributed by atoms with E-state index in [4.69, 9.17) is 13.9 Å². The number of methoxy groups -OCH3 is 1. The van der Waals surface area contributed by atoms with Gasteiger partial charge in [0.2, 0.25) is 0 Å². The molecule has 1 aliphatic rings. The number of morpholine rings is 1. The van der Waals surface area contributed by atoms with Gasteiger partial charge in [-0.1, -0.05) is 0 Å². The van der Waals surface area contributed by atoms with Crippen LogP contribution in [0.5, 0.6) is 0 Å². The number of aryl methyl sites for hydroxylation is 1. The Morgan fingerprint density at radius 3 is 2.86 bits per heavy atom. The third-order valence-electron chi connectivity index (χ3n) is 3.63. The molecule has 1 aromatic heterocycles. The first-order valence-corrected chi connectivity index (χ1v) is 7.31. The minimum Gasteiger partial charge on any atom is -0.465 e. The number of carbonyl (C=O) groups is 1. The van der Waals surface area contributed by atoms with E-state index in [0.29, 0.717) is 23.9 Å². The summed E-state index contributed by atoms with van der Waals surface area (Å²) in [4.78, 5) is 13.9. The van der Waals surface area contributed by atoms with Crippen molar-refractivity contribution in [2.75, 3.05) is 40.0 Å². The van der Waals surface area contributed by atoms with Gasteiger partial charge in [0.05, 0.1) is 26.9 Å². The number of esters is 1. The second kappa shape index (κ2) is 7.59. The molecule has 0 amide bonds. The van der Waals surface area contributed by atoms with Gasteiger partial charge in [0.15, 0.2) is 0 Å². The van der Waals surface area contributed by atoms with E-state index in [1.54, 1.807) is 13.0 Å². The van der Waals surface area contributed by atoms with Gasteiger partial charge in [-0.15, -0.1) is 0 Å². The van der Waals surface area contributed by atoms with E-state index in [2.05, 4.69) is 17.1 Å². The molecule has 0 radical (unpaired) electrons. The fourth-order valence-electron chi connectivity index (χ4n) is 2.45. The van der Waals surface area contributed by atoms with Crippen molar-refractivity contribution in [3.05, 3.63) is 23.2 Å². The van der Waals surface area contributed by atoms with Crippen molar-refractivity contribution in [2.24, 2.45) is 0 Å². The number of hydrogen-bond donors (Lipinski definition) is 1. The molecule has 0 spiro atoms. The van der Waals surface area contributed by atoms with E-state index in [1.165, 1.54) is 7.11 Å². The van der Waals surface area contributed by atoms with E-state index >= 15 is 0 Å². The Morgan fingerprint density at radius 2 is 2.19 bits per heavy atom. The molecule has 6 heteroatoms. The number of ether oxygens (including phenoxy) is 2. The van der Waals surface area contributed by atoms with Gasteiger partial charge >= 0.3 is 5.97 Å². The molecule has 0 aromatic carbocycles. The molecular weight excluding hydrogens is 272 g/mol. The molecule has 2 rings (SSSR count). The van der Waals surface area contributed by atoms with E-state index in [0.717, 1.165) is 38.6 Å². The Bertz CT molecular complexity index is 466. The first-order valence-electron chi connectivity index (χ1n) is 7.31. The molecule has 0 bridgehead atoms. The lowest BCUT2D eigenvalue weighted by Crippen LogP contribution is -2.44. The SMILES string of the molecule is COC(=O)c1cc(CNC(C)CN2CCOCC2)oc1C. The Hall–Kier alpha value is -1.37. The van der Waals surface area contributed by atoms with E-state index < -0.39 is 0 Å². The number of hydrogen-bond acceptors (Lipinski definition) is 6. The first kappa shape index (κ1) is 16.0. The zero-order chi connectivity index (χ0) is 15.2. The van der Waals surface area contributed by atoms with E-state index in [-0.39, 0.29) is 5.97 Å². The fraction of sp³-hybridized carbons (Fsp3) is 0.667. The maximum absolute atomic E-state index is 11.5. The molecule has 0 aliphatic carbocycles. The average molecular weight is 296 g/mol. The summed E-state index contributed by atoms with van der Waals surface area (Å²) < 4.78 is 15.6. The van der Waals surface area contributed by atoms with Crippen LogP contribution < -0.4 is 5.32 Å². The van der Waals surface area contributed by atoms with Crippen LogP contribution in [0.3, 0.4) is 0 Å². The van der Waals surface area contributed by atoms with Crippen molar-refractivity contribution < 1.29 is 18.7 Å². The normalized spacial score (nSPS) is 17.7. The van der Waals surface area contributed by atoms with Crippen molar-refractivity contribution >= 4 is 5.97 Å². The van der Waals surface area contributed by atoms with Crippen LogP contribution in [0.25, 0.3) is 0 Å². The average Bonchev–Trinajstić information content (AvgIpc) is 2.86. The molecule has 1 N–H and O–H groups in total. The van der Waals surface area contributed by atoms with Crippen LogP contribution in [0.4, 0.5) is 0 Å². The van der Waals surface area contributed by atoms with Crippen molar-refractivity contribution in [3.8, 4) is 0 Å². The van der Waals surface area contributed by atoms with Gasteiger partial charge in [0.25, 0.3) is 0 Å². The third-order valence-corrected chi connectivity index (χ3v) is 3.63. The summed E-state index contributed by atoms with van der Waals surface area (Å²) in [6, 6.07) is 2.09. The quantitative estimate of drug-likeness (QED) is 0.796. The van der Waals surface area contributed by atoms with E-state index in [1.807, 2.05) is 0 Å². The maximum atomic E-state index is 11.5. The van der Waals surface area contributed by atoms with Gasteiger partial charge in [0.1, 0.15) is 17.1 Å². The Labute approximate surface area is 125 Å². The Kier molecular flexibility index (Phi) is 5.78. The predicted molar refractivity (Wildman–Crippen MR) is 78.3 cm³/mol. The largest absolute Gasteiger partial charge is 0.465 e. The molecule has 1 aromatic rings. The Balaban J connectivity index is 1.80. The first-order chi connectivity index (χ1) is 10.1. The van der Waals surface area contributed by atoms with Gasteiger partial charge in [-0.05, 0) is 19.9 Å². The van der Waals surface area contributed by atoms with E-state index in [9.17, 15) is 4.79 Å². The van der Waals surface area contributed by atoms with Crippen LogP contribution in [0, 0.1) is 6.92 Å². The van der Waals surface area contributed by atoms with Crippen LogP contribution in [0.2, 0.25) is 0 Å². The predicted octanol–water partition coefficient (Wildman–Crippen LogP) is 1.18. The monoisotopic (exact) mass is 296 g/mol. The molecule has 21 heavy (non-hydrogen) atoms. The van der Waals surface area contributed by atoms with Crippen LogP contribution >= 0.6 is 0 Å². The van der Waals surface area contributed by atoms with Crippen LogP contribution in [0.1, 0.15) is 28.8 Å². The maximum Gasteiger partial charge on any atom is 0.341 e. The minimum absolute atomic E-state index is 0.343. The third kappa shape index (κ3) is 4.56. The number of carbonyl (C=O) groups excluding carboxylic acids is 1. The number of nitrogens with one attached hydrogen (secondary N) is 1. The molecule has 1 atom stereocenters. The fourth-order valence-corrected chi connectivity index (χ4v) is 2.45. The molecule has 1 fully saturated rings. The highest BCUT2D eigenvalue weighted by Gasteiger charge is 2.17. The standard InChI is InChI=1S/C15H24N2O4/c1-11(10-17-4-6-20-7-5-17)16-9-13-8-14(12(2)21-13)15(18)19-3/h8,11,16H,4-7,9-10H2,1-3H3. The second-order valence-corrected chi connectivity index (χ2v) is 5.37. The van der Waals surface area contributed by atoms with Crippen LogP contribution in [-0.4, -0.2) is 56.9 Å². The summed E-state index contributed by atoms with van der Waals surface area (Å²) in [5.74, 6) is 0.991. The topological polar surface area (TPSA) is 63.9 Å². The van der Waals surface area contributed by atoms with Gasteiger partial charge in [-0.3, -0.25) is 4.90 Å². The summed E-state index contributed by atoms with van der Waals surface area (Å²) in [6.07, 6.45) is 0. The van der Waals surface area contributed by atoms with Crippen LogP contribution in [-0.2, 0) is 16.0 Å². The van der Waals surface area contributed by atoms with Gasteiger partial charge in [0, 0.05) is 25.7 Å². The smallest absolute Gasteiger partial charge is 0.341 e. The number of rotatable bonds is 6. The molecule has 2 heterocycles. The molecule has 118 valence electrons. The highest BCUT2D eigenvalue weighted by molar-refractivity contribution is 5.90. The summed E-state index contributed by atoms with van der Waals surface area (Å²) in [5.41, 5.74) is 0.495. The lowest BCUT2D eigenvalue weighted by atomic mass is 10.2. The summed E-state index contributed by atoms with van der Waals surface area (Å²) in [5, 5.41) is 3.42. The zero-order valence-corrected chi connectivity index (χ0v) is 13.0. The van der Waals surface area contributed by atoms with Crippen molar-refractivity contribution in [1.82, 2.24) is 10.2 Å². The second-order valence-electron chi connectivity index (χ2n) is 5.37. The summed E-state index contributed by atoms with van der Waals surface area (Å²) in [6.45, 7) is 9.09. The van der Waals surface area contributed by atoms with Gasteiger partial charge < -0.3 is 19.2 Å². The summed E-state index contributed by atoms with van der Waals surface area (Å²) in [7, 11) is 1.37. The van der Waals surface area contributed by atoms with Gasteiger partial charge in [-0.2, -0.15) is 0 Å². The Morgan fingerprint density at radius 1 is 1.48 bits per heavy atom. The van der Waals surface area contributed by atoms with Crippen molar-refractivity contribution in [3.63, 3.8) is 0 Å². The highest BCUT2D eigenvalue weighted by Crippen LogP contribution is 2.15. The molecule has 1 unspecified atom stereocenters. The van der Waals surface area contributed by atoms with Gasteiger partial charge in [-0.25, -0.2) is 4.79 Å². The van der Waals surface area contributed by atoms with Crippen molar-refractivity contribution in [2.45, 2.75) is 26.4 Å². The lowest BCUT2D eigenvalue weighted by Gasteiger charge is -2.29. The molecule has 1 saturated heterocycles. The summed E-state index contributed by atoms with van der Waals surface area (Å²) >= 11 is 0. The molecular formula is C15H24N2O4. The highest BCUT2D eigenvalue weighted by atomic mass is 16.5. The number of furan rings is 1. The number of nitrogens with zero attached hydrogens (tertiary/aromatic N) is 1. The van der Waals surface area contributed by atoms with Crippen molar-refractivity contribution in [1.29, 1.82) is 0 Å². The zero-order valence-electron chi connectivity index (χ0n) is 13.0. The molecule has 1 aliphatic heterocycles. The molecule has 0 saturated carbocycles. The molecule has 6 nitrogen and oxygen atoms in total. The minimum atomic E-state index is -0.358. The van der Waals surface area contributed by atoms with Crippen LogP contribution in [0.15, 0.2) is 10.5 Å². The lowest BCUT2D eigenvalue weighted by molar-refractivity contribution is 0.0342.